The highest BCUT2D eigenvalue weighted by atomic mass is 35.5. The summed E-state index contributed by atoms with van der Waals surface area (Å²) in [6.07, 6.45) is 2.74. The fourth-order valence-electron chi connectivity index (χ4n) is 2.41. The molecule has 21 heavy (non-hydrogen) atoms. The quantitative estimate of drug-likeness (QED) is 0.653. The van der Waals surface area contributed by atoms with Crippen LogP contribution in [0.4, 0.5) is 0 Å². The van der Waals surface area contributed by atoms with Crippen LogP contribution in [0.5, 0.6) is 5.75 Å². The molecule has 4 heteroatoms. The minimum atomic E-state index is -0.0846. The van der Waals surface area contributed by atoms with Crippen LogP contribution in [0.1, 0.15) is 35.6 Å². The molecule has 0 saturated heterocycles. The van der Waals surface area contributed by atoms with E-state index in [0.717, 1.165) is 35.3 Å². The second-order valence-electron chi connectivity index (χ2n) is 5.49. The lowest BCUT2D eigenvalue weighted by molar-refractivity contribution is 0.303. The Bertz CT molecular complexity index is 623. The lowest BCUT2D eigenvalue weighted by Gasteiger charge is -2.20. The van der Waals surface area contributed by atoms with Crippen LogP contribution in [0, 0.1) is 6.92 Å². The van der Waals surface area contributed by atoms with Gasteiger partial charge in [-0.1, -0.05) is 29.8 Å². The van der Waals surface area contributed by atoms with E-state index in [1.165, 1.54) is 0 Å². The number of halogens is 1. The van der Waals surface area contributed by atoms with Crippen molar-refractivity contribution in [1.82, 2.24) is 5.43 Å². The van der Waals surface area contributed by atoms with E-state index in [4.69, 9.17) is 22.2 Å². The van der Waals surface area contributed by atoms with Gasteiger partial charge in [-0.2, -0.15) is 0 Å². The number of aryl methyl sites for hydroxylation is 1. The van der Waals surface area contributed by atoms with Crippen LogP contribution in [-0.2, 0) is 0 Å². The standard InChI is InChI=1S/C17H19ClN2O/c1-11-2-5-13(18)10-16(11)17(20-19)12-3-6-14(7-4-12)21-15-8-9-15/h2-7,10,15,17,20H,8-9,19H2,1H3. The number of benzene rings is 2. The zero-order valence-corrected chi connectivity index (χ0v) is 12.7. The number of nitrogens with one attached hydrogen (secondary N) is 1. The minimum Gasteiger partial charge on any atom is -0.490 e. The van der Waals surface area contributed by atoms with E-state index in [1.807, 2.05) is 42.5 Å². The van der Waals surface area contributed by atoms with E-state index in [1.54, 1.807) is 0 Å². The highest BCUT2D eigenvalue weighted by Gasteiger charge is 2.23. The Hall–Kier alpha value is -1.55. The molecule has 1 atom stereocenters. The number of ether oxygens (including phenoxy) is 1. The fourth-order valence-corrected chi connectivity index (χ4v) is 2.59. The van der Waals surface area contributed by atoms with Gasteiger partial charge >= 0.3 is 0 Å². The third-order valence-corrected chi connectivity index (χ3v) is 3.99. The van der Waals surface area contributed by atoms with Gasteiger partial charge in [-0.05, 0) is 60.7 Å². The van der Waals surface area contributed by atoms with E-state index in [9.17, 15) is 0 Å². The summed E-state index contributed by atoms with van der Waals surface area (Å²) in [5, 5.41) is 0.713. The first-order chi connectivity index (χ1) is 10.2. The molecule has 0 radical (unpaired) electrons. The molecule has 1 saturated carbocycles. The molecule has 0 heterocycles. The second kappa shape index (κ2) is 6.06. The summed E-state index contributed by atoms with van der Waals surface area (Å²) in [7, 11) is 0. The van der Waals surface area contributed by atoms with Crippen LogP contribution in [0.25, 0.3) is 0 Å². The molecule has 3 N–H and O–H groups in total. The molecule has 110 valence electrons. The van der Waals surface area contributed by atoms with Gasteiger partial charge in [-0.25, -0.2) is 5.43 Å². The van der Waals surface area contributed by atoms with Crippen molar-refractivity contribution in [2.24, 2.45) is 5.84 Å². The Morgan fingerprint density at radius 3 is 2.52 bits per heavy atom. The maximum atomic E-state index is 6.11. The summed E-state index contributed by atoms with van der Waals surface area (Å²) in [5.74, 6) is 6.68. The number of hydrogen-bond donors (Lipinski definition) is 2. The van der Waals surface area contributed by atoms with E-state index in [0.29, 0.717) is 11.1 Å². The van der Waals surface area contributed by atoms with E-state index in [-0.39, 0.29) is 6.04 Å². The molecule has 0 amide bonds. The summed E-state index contributed by atoms with van der Waals surface area (Å²) >= 11 is 6.11. The first-order valence-electron chi connectivity index (χ1n) is 7.16. The van der Waals surface area contributed by atoms with Gasteiger partial charge in [-0.15, -0.1) is 0 Å². The SMILES string of the molecule is Cc1ccc(Cl)cc1C(NN)c1ccc(OC2CC2)cc1. The highest BCUT2D eigenvalue weighted by molar-refractivity contribution is 6.30. The van der Waals surface area contributed by atoms with Crippen molar-refractivity contribution >= 4 is 11.6 Å². The third-order valence-electron chi connectivity index (χ3n) is 3.76. The van der Waals surface area contributed by atoms with E-state index in [2.05, 4.69) is 12.3 Å². The van der Waals surface area contributed by atoms with Crippen molar-refractivity contribution in [2.45, 2.75) is 31.9 Å². The van der Waals surface area contributed by atoms with Gasteiger partial charge in [0, 0.05) is 5.02 Å². The summed E-state index contributed by atoms with van der Waals surface area (Å²) in [6, 6.07) is 13.9. The first kappa shape index (κ1) is 14.4. The molecule has 0 aliphatic heterocycles. The van der Waals surface area contributed by atoms with Gasteiger partial charge in [0.25, 0.3) is 0 Å². The van der Waals surface area contributed by atoms with E-state index < -0.39 is 0 Å². The van der Waals surface area contributed by atoms with Gasteiger partial charge < -0.3 is 4.74 Å². The average molecular weight is 303 g/mol. The minimum absolute atomic E-state index is 0.0846. The molecule has 0 aromatic heterocycles. The molecule has 1 unspecified atom stereocenters. The van der Waals surface area contributed by atoms with Crippen LogP contribution in [0.2, 0.25) is 5.02 Å². The maximum absolute atomic E-state index is 6.11. The second-order valence-corrected chi connectivity index (χ2v) is 5.92. The molecule has 2 aromatic carbocycles. The molecule has 0 bridgehead atoms. The molecule has 1 fully saturated rings. The summed E-state index contributed by atoms with van der Waals surface area (Å²) in [4.78, 5) is 0. The van der Waals surface area contributed by atoms with Crippen LogP contribution in [0.3, 0.4) is 0 Å². The third kappa shape index (κ3) is 3.38. The van der Waals surface area contributed by atoms with Crippen LogP contribution < -0.4 is 16.0 Å². The van der Waals surface area contributed by atoms with Gasteiger partial charge in [0.05, 0.1) is 12.1 Å². The lowest BCUT2D eigenvalue weighted by atomic mass is 9.95. The van der Waals surface area contributed by atoms with Crippen molar-refractivity contribution in [3.8, 4) is 5.75 Å². The highest BCUT2D eigenvalue weighted by Crippen LogP contribution is 2.30. The zero-order chi connectivity index (χ0) is 14.8. The smallest absolute Gasteiger partial charge is 0.119 e. The molecule has 1 aliphatic rings. The Morgan fingerprint density at radius 2 is 1.90 bits per heavy atom. The van der Waals surface area contributed by atoms with Crippen molar-refractivity contribution in [3.63, 3.8) is 0 Å². The van der Waals surface area contributed by atoms with Crippen molar-refractivity contribution in [2.75, 3.05) is 0 Å². The zero-order valence-electron chi connectivity index (χ0n) is 12.0. The largest absolute Gasteiger partial charge is 0.490 e. The molecule has 1 aliphatic carbocycles. The molecular formula is C17H19ClN2O. The Morgan fingerprint density at radius 1 is 1.19 bits per heavy atom. The van der Waals surface area contributed by atoms with Crippen LogP contribution in [-0.4, -0.2) is 6.10 Å². The molecule has 2 aromatic rings. The normalized spacial score (nSPS) is 15.8. The van der Waals surface area contributed by atoms with E-state index >= 15 is 0 Å². The number of hydrogen-bond acceptors (Lipinski definition) is 3. The summed E-state index contributed by atoms with van der Waals surface area (Å²) < 4.78 is 5.77. The maximum Gasteiger partial charge on any atom is 0.119 e. The average Bonchev–Trinajstić information content (AvgIpc) is 3.29. The van der Waals surface area contributed by atoms with Gasteiger partial charge in [0.15, 0.2) is 0 Å². The van der Waals surface area contributed by atoms with Crippen molar-refractivity contribution < 1.29 is 4.74 Å². The van der Waals surface area contributed by atoms with Crippen LogP contribution in [0.15, 0.2) is 42.5 Å². The Kier molecular flexibility index (Phi) is 4.15. The predicted molar refractivity (Wildman–Crippen MR) is 85.4 cm³/mol. The monoisotopic (exact) mass is 302 g/mol. The van der Waals surface area contributed by atoms with Gasteiger partial charge in [0.2, 0.25) is 0 Å². The number of hydrazine groups is 1. The van der Waals surface area contributed by atoms with Crippen molar-refractivity contribution in [1.29, 1.82) is 0 Å². The van der Waals surface area contributed by atoms with Gasteiger partial charge in [0.1, 0.15) is 5.75 Å². The molecule has 0 spiro atoms. The fraction of sp³-hybridized carbons (Fsp3) is 0.294. The Labute approximate surface area is 130 Å². The summed E-state index contributed by atoms with van der Waals surface area (Å²) in [6.45, 7) is 2.06. The predicted octanol–water partition coefficient (Wildman–Crippen LogP) is 3.74. The Balaban J connectivity index is 1.86. The van der Waals surface area contributed by atoms with Crippen LogP contribution >= 0.6 is 11.6 Å². The first-order valence-corrected chi connectivity index (χ1v) is 7.54. The van der Waals surface area contributed by atoms with Crippen molar-refractivity contribution in [3.05, 3.63) is 64.2 Å². The molecule has 3 nitrogen and oxygen atoms in total. The number of nitrogens with two attached hydrogens (primary N) is 1. The number of rotatable bonds is 5. The topological polar surface area (TPSA) is 47.3 Å². The molecular weight excluding hydrogens is 284 g/mol. The summed E-state index contributed by atoms with van der Waals surface area (Å²) in [5.41, 5.74) is 6.20. The lowest BCUT2D eigenvalue weighted by Crippen LogP contribution is -2.29. The van der Waals surface area contributed by atoms with Gasteiger partial charge in [-0.3, -0.25) is 5.84 Å². The molecule has 3 rings (SSSR count).